The topological polar surface area (TPSA) is 9.23 Å². The lowest BCUT2D eigenvalue weighted by Gasteiger charge is -2.28. The highest BCUT2D eigenvalue weighted by molar-refractivity contribution is 4.87. The highest BCUT2D eigenvalue weighted by Gasteiger charge is 2.11. The number of rotatable bonds is 7. The number of hydrogen-bond donors (Lipinski definition) is 0. The van der Waals surface area contributed by atoms with Crippen molar-refractivity contribution in [3.05, 3.63) is 24.8 Å². The molecular formula is C11H22ClNO. The molecule has 0 aliphatic rings. The fourth-order valence-electron chi connectivity index (χ4n) is 0.999. The molecule has 0 bridgehead atoms. The summed E-state index contributed by atoms with van der Waals surface area (Å²) in [4.78, 5) is 0. The molecule has 0 amide bonds. The summed E-state index contributed by atoms with van der Waals surface area (Å²) in [7, 11) is 4.34. The second-order valence-corrected chi connectivity index (χ2v) is 4.14. The minimum Gasteiger partial charge on any atom is -1.00 e. The summed E-state index contributed by atoms with van der Waals surface area (Å²) in [5.41, 5.74) is 1.08. The third-order valence-corrected chi connectivity index (χ3v) is 1.81. The molecule has 0 aromatic rings. The molecule has 0 aliphatic carbocycles. The van der Waals surface area contributed by atoms with Gasteiger partial charge in [-0.05, 0) is 13.0 Å². The molecule has 0 N–H and O–H groups in total. The Hall–Kier alpha value is -0.310. The maximum Gasteiger partial charge on any atom is 0.102 e. The first-order chi connectivity index (χ1) is 5.98. The van der Waals surface area contributed by atoms with Crippen LogP contribution in [0.5, 0.6) is 0 Å². The van der Waals surface area contributed by atoms with Gasteiger partial charge in [-0.1, -0.05) is 18.7 Å². The van der Waals surface area contributed by atoms with Crippen LogP contribution in [0.25, 0.3) is 0 Å². The van der Waals surface area contributed by atoms with E-state index in [1.165, 1.54) is 0 Å². The van der Waals surface area contributed by atoms with Crippen molar-refractivity contribution in [2.75, 3.05) is 40.4 Å². The quantitative estimate of drug-likeness (QED) is 0.299. The van der Waals surface area contributed by atoms with Gasteiger partial charge in [0.2, 0.25) is 0 Å². The fourth-order valence-corrected chi connectivity index (χ4v) is 0.999. The number of nitrogens with zero attached hydrogens (tertiary/aromatic N) is 1. The molecule has 0 saturated heterocycles. The van der Waals surface area contributed by atoms with Crippen molar-refractivity contribution in [1.82, 2.24) is 0 Å². The van der Waals surface area contributed by atoms with Crippen molar-refractivity contribution in [2.24, 2.45) is 0 Å². The van der Waals surface area contributed by atoms with Gasteiger partial charge in [0.1, 0.15) is 6.54 Å². The molecular weight excluding hydrogens is 198 g/mol. The standard InChI is InChI=1S/C11H22NO.ClH/c1-6-7-12(4,5)8-9-13-10-11(2)3;/h6H,1-2,7-10H2,3-5H3;1H/q+1;/p-1. The molecule has 14 heavy (non-hydrogen) atoms. The van der Waals surface area contributed by atoms with E-state index < -0.39 is 0 Å². The summed E-state index contributed by atoms with van der Waals surface area (Å²) in [6.45, 7) is 12.9. The molecule has 0 radical (unpaired) electrons. The van der Waals surface area contributed by atoms with E-state index in [9.17, 15) is 0 Å². The van der Waals surface area contributed by atoms with Crippen molar-refractivity contribution in [1.29, 1.82) is 0 Å². The third kappa shape index (κ3) is 9.78. The van der Waals surface area contributed by atoms with Gasteiger partial charge < -0.3 is 21.6 Å². The Balaban J connectivity index is 0. The van der Waals surface area contributed by atoms with E-state index in [1.54, 1.807) is 0 Å². The Morgan fingerprint density at radius 1 is 1.43 bits per heavy atom. The van der Waals surface area contributed by atoms with Gasteiger partial charge in [0.05, 0.1) is 33.9 Å². The lowest BCUT2D eigenvalue weighted by molar-refractivity contribution is -0.884. The van der Waals surface area contributed by atoms with Crippen LogP contribution in [-0.4, -0.2) is 44.9 Å². The zero-order valence-electron chi connectivity index (χ0n) is 9.55. The SMILES string of the molecule is C=CC[N+](C)(C)CCOCC(=C)C.[Cl-]. The van der Waals surface area contributed by atoms with Crippen molar-refractivity contribution in [3.8, 4) is 0 Å². The van der Waals surface area contributed by atoms with E-state index >= 15 is 0 Å². The molecule has 0 aromatic heterocycles. The van der Waals surface area contributed by atoms with E-state index in [0.717, 1.165) is 29.8 Å². The molecule has 3 heteroatoms. The monoisotopic (exact) mass is 219 g/mol. The van der Waals surface area contributed by atoms with Crippen molar-refractivity contribution >= 4 is 0 Å². The largest absolute Gasteiger partial charge is 1.00 e. The predicted molar refractivity (Wildman–Crippen MR) is 57.7 cm³/mol. The van der Waals surface area contributed by atoms with Crippen LogP contribution in [0.1, 0.15) is 6.92 Å². The van der Waals surface area contributed by atoms with Gasteiger partial charge in [-0.2, -0.15) is 0 Å². The van der Waals surface area contributed by atoms with Crippen LogP contribution in [0.3, 0.4) is 0 Å². The van der Waals surface area contributed by atoms with Crippen molar-refractivity contribution in [2.45, 2.75) is 6.92 Å². The summed E-state index contributed by atoms with van der Waals surface area (Å²) in [5.74, 6) is 0. The van der Waals surface area contributed by atoms with Gasteiger partial charge in [0, 0.05) is 0 Å². The zero-order chi connectivity index (χ0) is 10.3. The molecule has 0 saturated carbocycles. The fraction of sp³-hybridized carbons (Fsp3) is 0.636. The molecule has 0 atom stereocenters. The molecule has 0 spiro atoms. The van der Waals surface area contributed by atoms with Gasteiger partial charge >= 0.3 is 0 Å². The number of halogens is 1. The maximum atomic E-state index is 5.43. The molecule has 2 nitrogen and oxygen atoms in total. The van der Waals surface area contributed by atoms with E-state index in [-0.39, 0.29) is 12.4 Å². The van der Waals surface area contributed by atoms with Crippen LogP contribution in [0.2, 0.25) is 0 Å². The van der Waals surface area contributed by atoms with Crippen LogP contribution in [-0.2, 0) is 4.74 Å². The first-order valence-corrected chi connectivity index (χ1v) is 4.63. The lowest BCUT2D eigenvalue weighted by atomic mass is 10.4. The normalized spacial score (nSPS) is 10.5. The van der Waals surface area contributed by atoms with Gasteiger partial charge in [-0.3, -0.25) is 0 Å². The molecule has 0 aromatic carbocycles. The number of ether oxygens (including phenoxy) is 1. The predicted octanol–water partition coefficient (Wildman–Crippen LogP) is -1.15. The molecule has 0 unspecified atom stereocenters. The molecule has 0 rings (SSSR count). The van der Waals surface area contributed by atoms with E-state index in [0.29, 0.717) is 6.61 Å². The van der Waals surface area contributed by atoms with Gasteiger partial charge in [0.25, 0.3) is 0 Å². The number of hydrogen-bond acceptors (Lipinski definition) is 1. The summed E-state index contributed by atoms with van der Waals surface area (Å²) in [6.07, 6.45) is 1.94. The van der Waals surface area contributed by atoms with E-state index in [2.05, 4.69) is 27.3 Å². The van der Waals surface area contributed by atoms with Crippen LogP contribution in [0, 0.1) is 0 Å². The van der Waals surface area contributed by atoms with E-state index in [1.807, 2.05) is 13.0 Å². The smallest absolute Gasteiger partial charge is 0.102 e. The minimum atomic E-state index is 0. The summed E-state index contributed by atoms with van der Waals surface area (Å²) in [6, 6.07) is 0. The Morgan fingerprint density at radius 2 is 2.00 bits per heavy atom. The third-order valence-electron chi connectivity index (χ3n) is 1.81. The van der Waals surface area contributed by atoms with Crippen LogP contribution < -0.4 is 12.4 Å². The highest BCUT2D eigenvalue weighted by Crippen LogP contribution is 1.97. The molecule has 0 aliphatic heterocycles. The highest BCUT2D eigenvalue weighted by atomic mass is 35.5. The van der Waals surface area contributed by atoms with Gasteiger partial charge in [0.15, 0.2) is 0 Å². The Labute approximate surface area is 94.2 Å². The summed E-state index contributed by atoms with van der Waals surface area (Å²) >= 11 is 0. The average molecular weight is 220 g/mol. The Bertz CT molecular complexity index is 178. The minimum absolute atomic E-state index is 0. The Morgan fingerprint density at radius 3 is 2.43 bits per heavy atom. The maximum absolute atomic E-state index is 5.43. The van der Waals surface area contributed by atoms with Crippen molar-refractivity contribution in [3.63, 3.8) is 0 Å². The lowest BCUT2D eigenvalue weighted by Crippen LogP contribution is -3.00. The number of likely N-dealkylation sites (N-methyl/N-ethyl adjacent to an activating group) is 1. The van der Waals surface area contributed by atoms with Crippen LogP contribution in [0.4, 0.5) is 0 Å². The molecule has 0 heterocycles. The average Bonchev–Trinajstić information content (AvgIpc) is 1.98. The van der Waals surface area contributed by atoms with Crippen LogP contribution in [0.15, 0.2) is 24.8 Å². The zero-order valence-corrected chi connectivity index (χ0v) is 10.3. The second kappa shape index (κ2) is 8.04. The van der Waals surface area contributed by atoms with Gasteiger partial charge in [-0.15, -0.1) is 0 Å². The Kier molecular flexibility index (Phi) is 9.26. The summed E-state index contributed by atoms with van der Waals surface area (Å²) < 4.78 is 6.36. The molecule has 84 valence electrons. The number of quaternary nitrogens is 1. The second-order valence-electron chi connectivity index (χ2n) is 4.14. The van der Waals surface area contributed by atoms with Crippen molar-refractivity contribution < 1.29 is 21.6 Å². The first kappa shape index (κ1) is 16.1. The van der Waals surface area contributed by atoms with Crippen LogP contribution >= 0.6 is 0 Å². The first-order valence-electron chi connectivity index (χ1n) is 4.63. The van der Waals surface area contributed by atoms with E-state index in [4.69, 9.17) is 4.74 Å². The van der Waals surface area contributed by atoms with Gasteiger partial charge in [-0.25, -0.2) is 0 Å². The summed E-state index contributed by atoms with van der Waals surface area (Å²) in [5, 5.41) is 0. The molecule has 0 fully saturated rings.